The third-order valence-electron chi connectivity index (χ3n) is 3.93. The molecule has 1 aromatic carbocycles. The number of sulfone groups is 1. The first-order valence-corrected chi connectivity index (χ1v) is 9.31. The van der Waals surface area contributed by atoms with Crippen LogP contribution in [0.2, 0.25) is 5.02 Å². The van der Waals surface area contributed by atoms with Crippen LogP contribution in [0.15, 0.2) is 24.3 Å². The van der Waals surface area contributed by atoms with E-state index in [0.29, 0.717) is 11.6 Å². The molecule has 0 aliphatic heterocycles. The maximum absolute atomic E-state index is 12.1. The van der Waals surface area contributed by atoms with Gasteiger partial charge in [-0.2, -0.15) is 0 Å². The number of benzene rings is 1. The number of rotatable bonds is 6. The molecule has 7 heteroatoms. The summed E-state index contributed by atoms with van der Waals surface area (Å²) in [4.78, 5) is 0.177. The quantitative estimate of drug-likeness (QED) is 0.798. The molecule has 0 amide bonds. The fourth-order valence-corrected chi connectivity index (χ4v) is 5.52. The predicted octanol–water partition coefficient (Wildman–Crippen LogP) is 2.16. The molecule has 116 valence electrons. The summed E-state index contributed by atoms with van der Waals surface area (Å²) in [6, 6.07) is 7.14. The third-order valence-corrected chi connectivity index (χ3v) is 6.16. The van der Waals surface area contributed by atoms with Crippen LogP contribution >= 0.6 is 23.8 Å². The van der Waals surface area contributed by atoms with Crippen LogP contribution in [0.3, 0.4) is 0 Å². The summed E-state index contributed by atoms with van der Waals surface area (Å²) in [5.41, 5.74) is 5.86. The molecule has 1 fully saturated rings. The standard InChI is InChI=1S/C14H18ClNO3S2/c1-3-19-8-14(13(16)20)11(12(14)21(2,17)18)9-5-4-6-10(15)7-9/h4-7,11-12H,3,8H2,1-2H3,(H2,16,20). The van der Waals surface area contributed by atoms with Gasteiger partial charge in [0.1, 0.15) is 0 Å². The van der Waals surface area contributed by atoms with Crippen LogP contribution in [0.25, 0.3) is 0 Å². The molecule has 0 spiro atoms. The lowest BCUT2D eigenvalue weighted by molar-refractivity contribution is 0.121. The van der Waals surface area contributed by atoms with Crippen molar-refractivity contribution in [1.82, 2.24) is 0 Å². The summed E-state index contributed by atoms with van der Waals surface area (Å²) in [6.45, 7) is 2.52. The molecule has 4 nitrogen and oxygen atoms in total. The van der Waals surface area contributed by atoms with Crippen molar-refractivity contribution in [3.8, 4) is 0 Å². The molecule has 0 aromatic heterocycles. The summed E-state index contributed by atoms with van der Waals surface area (Å²) in [6.07, 6.45) is 1.21. The first-order chi connectivity index (χ1) is 9.75. The van der Waals surface area contributed by atoms with Gasteiger partial charge in [0.2, 0.25) is 0 Å². The van der Waals surface area contributed by atoms with Crippen LogP contribution in [0, 0.1) is 5.41 Å². The second-order valence-electron chi connectivity index (χ2n) is 5.32. The van der Waals surface area contributed by atoms with Crippen molar-refractivity contribution in [3.05, 3.63) is 34.9 Å². The first-order valence-electron chi connectivity index (χ1n) is 6.57. The van der Waals surface area contributed by atoms with Crippen LogP contribution in [0.1, 0.15) is 18.4 Å². The highest BCUT2D eigenvalue weighted by Gasteiger charge is 2.71. The van der Waals surface area contributed by atoms with Crippen LogP contribution in [0.4, 0.5) is 0 Å². The summed E-state index contributed by atoms with van der Waals surface area (Å²) < 4.78 is 29.7. The highest BCUT2D eigenvalue weighted by molar-refractivity contribution is 7.92. The van der Waals surface area contributed by atoms with Crippen LogP contribution in [-0.2, 0) is 14.6 Å². The van der Waals surface area contributed by atoms with Crippen molar-refractivity contribution in [2.24, 2.45) is 11.1 Å². The van der Waals surface area contributed by atoms with E-state index >= 15 is 0 Å². The smallest absolute Gasteiger partial charge is 0.152 e. The minimum atomic E-state index is -3.31. The molecular weight excluding hydrogens is 330 g/mol. The van der Waals surface area contributed by atoms with Gasteiger partial charge in [0.15, 0.2) is 9.84 Å². The van der Waals surface area contributed by atoms with E-state index < -0.39 is 20.5 Å². The number of hydrogen-bond acceptors (Lipinski definition) is 4. The molecular formula is C14H18ClNO3S2. The molecule has 0 saturated heterocycles. The maximum Gasteiger partial charge on any atom is 0.152 e. The minimum absolute atomic E-state index is 0.177. The van der Waals surface area contributed by atoms with E-state index in [9.17, 15) is 8.42 Å². The van der Waals surface area contributed by atoms with E-state index in [1.807, 2.05) is 13.0 Å². The monoisotopic (exact) mass is 347 g/mol. The zero-order valence-electron chi connectivity index (χ0n) is 11.9. The van der Waals surface area contributed by atoms with Crippen molar-refractivity contribution < 1.29 is 13.2 Å². The van der Waals surface area contributed by atoms with Gasteiger partial charge in [-0.1, -0.05) is 36.0 Å². The molecule has 1 saturated carbocycles. The second kappa shape index (κ2) is 5.83. The molecule has 0 heterocycles. The maximum atomic E-state index is 12.1. The number of ether oxygens (including phenoxy) is 1. The lowest BCUT2D eigenvalue weighted by Crippen LogP contribution is -2.33. The van der Waals surface area contributed by atoms with E-state index in [4.69, 9.17) is 34.3 Å². The topological polar surface area (TPSA) is 69.4 Å². The molecule has 1 aliphatic rings. The van der Waals surface area contributed by atoms with E-state index in [0.717, 1.165) is 5.56 Å². The molecule has 1 aliphatic carbocycles. The molecule has 2 rings (SSSR count). The Morgan fingerprint density at radius 3 is 2.67 bits per heavy atom. The summed E-state index contributed by atoms with van der Waals surface area (Å²) >= 11 is 11.2. The summed E-state index contributed by atoms with van der Waals surface area (Å²) in [7, 11) is -3.31. The zero-order valence-corrected chi connectivity index (χ0v) is 14.3. The number of thiocarbonyl (C=S) groups is 1. The average Bonchev–Trinajstić information content (AvgIpc) is 3.07. The van der Waals surface area contributed by atoms with E-state index in [1.165, 1.54) is 6.26 Å². The molecule has 0 radical (unpaired) electrons. The van der Waals surface area contributed by atoms with Gasteiger partial charge in [-0.3, -0.25) is 0 Å². The Labute approximate surface area is 135 Å². The van der Waals surface area contributed by atoms with E-state index in [2.05, 4.69) is 0 Å². The third kappa shape index (κ3) is 2.95. The number of halogens is 1. The Morgan fingerprint density at radius 1 is 1.52 bits per heavy atom. The van der Waals surface area contributed by atoms with Crippen LogP contribution < -0.4 is 5.73 Å². The first kappa shape index (κ1) is 16.7. The predicted molar refractivity (Wildman–Crippen MR) is 88.5 cm³/mol. The molecule has 3 unspecified atom stereocenters. The van der Waals surface area contributed by atoms with Crippen molar-refractivity contribution in [2.75, 3.05) is 19.5 Å². The van der Waals surface area contributed by atoms with Crippen LogP contribution in [0.5, 0.6) is 0 Å². The van der Waals surface area contributed by atoms with Gasteiger partial charge in [0, 0.05) is 23.8 Å². The van der Waals surface area contributed by atoms with Gasteiger partial charge in [0.25, 0.3) is 0 Å². The van der Waals surface area contributed by atoms with Crippen molar-refractivity contribution in [2.45, 2.75) is 18.1 Å². The van der Waals surface area contributed by atoms with Gasteiger partial charge in [-0.05, 0) is 24.6 Å². The van der Waals surface area contributed by atoms with Gasteiger partial charge in [0.05, 0.1) is 22.3 Å². The summed E-state index contributed by atoms with van der Waals surface area (Å²) in [5, 5.41) is -0.104. The lowest BCUT2D eigenvalue weighted by atomic mass is 10.00. The molecule has 0 bridgehead atoms. The zero-order chi connectivity index (χ0) is 15.8. The summed E-state index contributed by atoms with van der Waals surface area (Å²) in [5.74, 6) is -0.310. The fourth-order valence-electron chi connectivity index (χ4n) is 3.01. The van der Waals surface area contributed by atoms with E-state index in [1.54, 1.807) is 18.2 Å². The normalized spacial score (nSPS) is 28.3. The molecule has 21 heavy (non-hydrogen) atoms. The average molecular weight is 348 g/mol. The second-order valence-corrected chi connectivity index (χ2v) is 8.37. The number of hydrogen-bond donors (Lipinski definition) is 1. The van der Waals surface area contributed by atoms with Gasteiger partial charge < -0.3 is 10.5 Å². The van der Waals surface area contributed by atoms with E-state index in [-0.39, 0.29) is 17.5 Å². The van der Waals surface area contributed by atoms with Crippen LogP contribution in [-0.4, -0.2) is 38.1 Å². The SMILES string of the molecule is CCOCC1(C(N)=S)C(c2cccc(Cl)c2)C1S(C)(=O)=O. The van der Waals surface area contributed by atoms with Gasteiger partial charge in [-0.15, -0.1) is 0 Å². The Kier molecular flexibility index (Phi) is 4.63. The Balaban J connectivity index is 2.49. The lowest BCUT2D eigenvalue weighted by Gasteiger charge is -2.16. The fraction of sp³-hybridized carbons (Fsp3) is 0.500. The molecule has 3 atom stereocenters. The molecule has 2 N–H and O–H groups in total. The van der Waals surface area contributed by atoms with Crippen molar-refractivity contribution in [3.63, 3.8) is 0 Å². The molecule has 1 aromatic rings. The minimum Gasteiger partial charge on any atom is -0.393 e. The Morgan fingerprint density at radius 2 is 2.19 bits per heavy atom. The van der Waals surface area contributed by atoms with Crippen molar-refractivity contribution >= 4 is 38.6 Å². The Hall–Kier alpha value is -0.690. The number of nitrogens with two attached hydrogens (primary N) is 1. The van der Waals surface area contributed by atoms with Gasteiger partial charge >= 0.3 is 0 Å². The van der Waals surface area contributed by atoms with Gasteiger partial charge in [-0.25, -0.2) is 8.42 Å². The Bertz CT molecular complexity index is 662. The largest absolute Gasteiger partial charge is 0.393 e. The highest BCUT2D eigenvalue weighted by Crippen LogP contribution is 2.63. The van der Waals surface area contributed by atoms with Crippen molar-refractivity contribution in [1.29, 1.82) is 0 Å². The highest BCUT2D eigenvalue weighted by atomic mass is 35.5.